The van der Waals surface area contributed by atoms with Gasteiger partial charge in [-0.25, -0.2) is 5.43 Å². The highest BCUT2D eigenvalue weighted by Gasteiger charge is 2.21. The molecule has 0 fully saturated rings. The second-order valence-corrected chi connectivity index (χ2v) is 5.49. The van der Waals surface area contributed by atoms with Crippen LogP contribution < -0.4 is 11.3 Å². The molecule has 0 aliphatic heterocycles. The van der Waals surface area contributed by atoms with Crippen molar-refractivity contribution in [2.45, 2.75) is 19.9 Å². The molecule has 0 saturated carbocycles. The van der Waals surface area contributed by atoms with E-state index in [1.807, 2.05) is 23.9 Å². The molecule has 0 radical (unpaired) electrons. The molecule has 108 valence electrons. The van der Waals surface area contributed by atoms with Crippen molar-refractivity contribution in [3.05, 3.63) is 64.8 Å². The molecule has 4 heteroatoms. The summed E-state index contributed by atoms with van der Waals surface area (Å²) in [6.45, 7) is 4.19. The number of hydrogen-bond donors (Lipinski definition) is 2. The summed E-state index contributed by atoms with van der Waals surface area (Å²) < 4.78 is 1.90. The molecule has 0 aliphatic carbocycles. The Labute approximate surface area is 124 Å². The van der Waals surface area contributed by atoms with Crippen LogP contribution in [0.5, 0.6) is 0 Å². The molecule has 0 saturated heterocycles. The number of aromatic nitrogens is 2. The van der Waals surface area contributed by atoms with Crippen LogP contribution in [-0.4, -0.2) is 9.78 Å². The van der Waals surface area contributed by atoms with Gasteiger partial charge in [0.15, 0.2) is 0 Å². The maximum absolute atomic E-state index is 5.86. The zero-order chi connectivity index (χ0) is 15.0. The van der Waals surface area contributed by atoms with Crippen molar-refractivity contribution in [3.8, 4) is 0 Å². The molecule has 3 aromatic rings. The number of hydrogen-bond acceptors (Lipinski definition) is 3. The Morgan fingerprint density at radius 3 is 2.67 bits per heavy atom. The number of aryl methyl sites for hydroxylation is 3. The van der Waals surface area contributed by atoms with Crippen LogP contribution in [0.1, 0.15) is 28.4 Å². The van der Waals surface area contributed by atoms with Crippen LogP contribution in [0, 0.1) is 13.8 Å². The molecule has 3 rings (SSSR count). The van der Waals surface area contributed by atoms with Gasteiger partial charge in [-0.1, -0.05) is 42.0 Å². The molecule has 0 amide bonds. The molecular formula is C17H20N4. The van der Waals surface area contributed by atoms with E-state index in [9.17, 15) is 0 Å². The van der Waals surface area contributed by atoms with Gasteiger partial charge < -0.3 is 0 Å². The number of benzene rings is 2. The van der Waals surface area contributed by atoms with Gasteiger partial charge in [-0.2, -0.15) is 5.10 Å². The lowest BCUT2D eigenvalue weighted by Crippen LogP contribution is -2.30. The van der Waals surface area contributed by atoms with Crippen molar-refractivity contribution in [3.63, 3.8) is 0 Å². The van der Waals surface area contributed by atoms with E-state index >= 15 is 0 Å². The predicted molar refractivity (Wildman–Crippen MR) is 85.8 cm³/mol. The van der Waals surface area contributed by atoms with E-state index < -0.39 is 0 Å². The summed E-state index contributed by atoms with van der Waals surface area (Å²) in [4.78, 5) is 0. The first-order valence-corrected chi connectivity index (χ1v) is 7.06. The Balaban J connectivity index is 2.21. The third kappa shape index (κ3) is 2.33. The maximum atomic E-state index is 5.86. The van der Waals surface area contributed by atoms with E-state index in [-0.39, 0.29) is 6.04 Å². The fourth-order valence-corrected chi connectivity index (χ4v) is 2.84. The van der Waals surface area contributed by atoms with Crippen LogP contribution in [0.3, 0.4) is 0 Å². The fraction of sp³-hybridized carbons (Fsp3) is 0.235. The second-order valence-electron chi connectivity index (χ2n) is 5.49. The first-order valence-electron chi connectivity index (χ1n) is 7.06. The molecule has 1 unspecified atom stereocenters. The summed E-state index contributed by atoms with van der Waals surface area (Å²) in [6.07, 6.45) is 0. The number of nitrogens with two attached hydrogens (primary N) is 1. The van der Waals surface area contributed by atoms with E-state index in [1.54, 1.807) is 0 Å². The normalized spacial score (nSPS) is 12.8. The molecule has 21 heavy (non-hydrogen) atoms. The minimum Gasteiger partial charge on any atom is -0.271 e. The number of para-hydroxylation sites is 1. The van der Waals surface area contributed by atoms with Gasteiger partial charge in [0.1, 0.15) is 0 Å². The van der Waals surface area contributed by atoms with Crippen LogP contribution in [0.25, 0.3) is 10.9 Å². The molecule has 2 aromatic carbocycles. The predicted octanol–water partition coefficient (Wildman–Crippen LogP) is 2.74. The van der Waals surface area contributed by atoms with E-state index in [1.165, 1.54) is 16.7 Å². The maximum Gasteiger partial charge on any atom is 0.0931 e. The number of fused-ring (bicyclic) bond motifs is 1. The minimum atomic E-state index is -0.115. The molecular weight excluding hydrogens is 260 g/mol. The van der Waals surface area contributed by atoms with E-state index in [4.69, 9.17) is 5.84 Å². The average Bonchev–Trinajstić information content (AvgIpc) is 2.81. The highest BCUT2D eigenvalue weighted by molar-refractivity contribution is 5.82. The standard InChI is InChI=1S/C17H20N4/c1-11-8-9-12(2)14(10-11)16(19-18)17-13-6-4-5-7-15(13)21(3)20-17/h4-10,16,19H,18H2,1-3H3. The van der Waals surface area contributed by atoms with Crippen molar-refractivity contribution in [1.82, 2.24) is 15.2 Å². The molecule has 3 N–H and O–H groups in total. The summed E-state index contributed by atoms with van der Waals surface area (Å²) in [7, 11) is 1.96. The van der Waals surface area contributed by atoms with Crippen LogP contribution in [0.15, 0.2) is 42.5 Å². The zero-order valence-electron chi connectivity index (χ0n) is 12.6. The summed E-state index contributed by atoms with van der Waals surface area (Å²) in [5.74, 6) is 5.86. The van der Waals surface area contributed by atoms with E-state index in [2.05, 4.69) is 54.7 Å². The summed E-state index contributed by atoms with van der Waals surface area (Å²) in [5, 5.41) is 5.81. The Kier molecular flexibility index (Phi) is 3.49. The SMILES string of the molecule is Cc1ccc(C)c(C(NN)c2nn(C)c3ccccc23)c1. The van der Waals surface area contributed by atoms with E-state index in [0.717, 1.165) is 16.6 Å². The fourth-order valence-electron chi connectivity index (χ4n) is 2.84. The number of nitrogens with one attached hydrogen (secondary N) is 1. The van der Waals surface area contributed by atoms with Gasteiger partial charge in [-0.3, -0.25) is 10.5 Å². The molecule has 1 aromatic heterocycles. The van der Waals surface area contributed by atoms with E-state index in [0.29, 0.717) is 0 Å². The van der Waals surface area contributed by atoms with Gasteiger partial charge in [0, 0.05) is 12.4 Å². The Morgan fingerprint density at radius 1 is 1.14 bits per heavy atom. The highest BCUT2D eigenvalue weighted by Crippen LogP contribution is 2.29. The zero-order valence-corrected chi connectivity index (χ0v) is 12.6. The molecule has 1 heterocycles. The van der Waals surface area contributed by atoms with Crippen molar-refractivity contribution >= 4 is 10.9 Å². The van der Waals surface area contributed by atoms with Crippen LogP contribution in [0.2, 0.25) is 0 Å². The lowest BCUT2D eigenvalue weighted by molar-refractivity contribution is 0.605. The lowest BCUT2D eigenvalue weighted by atomic mass is 9.95. The van der Waals surface area contributed by atoms with Crippen molar-refractivity contribution in [2.24, 2.45) is 12.9 Å². The van der Waals surface area contributed by atoms with Gasteiger partial charge in [0.05, 0.1) is 17.3 Å². The largest absolute Gasteiger partial charge is 0.271 e. The third-order valence-electron chi connectivity index (χ3n) is 3.97. The number of hydrazine groups is 1. The van der Waals surface area contributed by atoms with Crippen LogP contribution in [0.4, 0.5) is 0 Å². The van der Waals surface area contributed by atoms with Crippen molar-refractivity contribution in [2.75, 3.05) is 0 Å². The summed E-state index contributed by atoms with van der Waals surface area (Å²) in [5.41, 5.74) is 8.60. The van der Waals surface area contributed by atoms with Crippen LogP contribution in [-0.2, 0) is 7.05 Å². The Bertz CT molecular complexity index is 789. The van der Waals surface area contributed by atoms with Gasteiger partial charge >= 0.3 is 0 Å². The van der Waals surface area contributed by atoms with Crippen LogP contribution >= 0.6 is 0 Å². The first kappa shape index (κ1) is 13.8. The Morgan fingerprint density at radius 2 is 1.90 bits per heavy atom. The minimum absolute atomic E-state index is 0.115. The molecule has 0 aliphatic rings. The monoisotopic (exact) mass is 280 g/mol. The van der Waals surface area contributed by atoms with Gasteiger partial charge in [0.25, 0.3) is 0 Å². The number of rotatable bonds is 3. The smallest absolute Gasteiger partial charge is 0.0931 e. The van der Waals surface area contributed by atoms with Crippen molar-refractivity contribution < 1.29 is 0 Å². The summed E-state index contributed by atoms with van der Waals surface area (Å²) >= 11 is 0. The topological polar surface area (TPSA) is 55.9 Å². The number of nitrogens with zero attached hydrogens (tertiary/aromatic N) is 2. The second kappa shape index (κ2) is 5.31. The average molecular weight is 280 g/mol. The quantitative estimate of drug-likeness (QED) is 0.573. The van der Waals surface area contributed by atoms with Gasteiger partial charge in [-0.05, 0) is 31.0 Å². The first-order chi connectivity index (χ1) is 10.1. The molecule has 4 nitrogen and oxygen atoms in total. The molecule has 0 spiro atoms. The summed E-state index contributed by atoms with van der Waals surface area (Å²) in [6, 6.07) is 14.5. The van der Waals surface area contributed by atoms with Gasteiger partial charge in [-0.15, -0.1) is 0 Å². The highest BCUT2D eigenvalue weighted by atomic mass is 15.3. The Hall–Kier alpha value is -2.17. The third-order valence-corrected chi connectivity index (χ3v) is 3.97. The van der Waals surface area contributed by atoms with Gasteiger partial charge in [0.2, 0.25) is 0 Å². The lowest BCUT2D eigenvalue weighted by Gasteiger charge is -2.18. The van der Waals surface area contributed by atoms with Crippen molar-refractivity contribution in [1.29, 1.82) is 0 Å². The molecule has 0 bridgehead atoms. The molecule has 1 atom stereocenters.